The van der Waals surface area contributed by atoms with Gasteiger partial charge in [0.1, 0.15) is 4.60 Å². The maximum Gasteiger partial charge on any atom is 0.183 e. The van der Waals surface area contributed by atoms with Gasteiger partial charge in [-0.25, -0.2) is 4.98 Å². The highest BCUT2D eigenvalue weighted by molar-refractivity contribution is 9.10. The van der Waals surface area contributed by atoms with Crippen LogP contribution in [0.2, 0.25) is 0 Å². The molecule has 1 saturated carbocycles. The molecule has 0 saturated heterocycles. The SMILES string of the molecule is OCC1(CNc2nc(Br)cs2)CCCC1. The van der Waals surface area contributed by atoms with Crippen molar-refractivity contribution in [1.82, 2.24) is 4.98 Å². The number of aromatic nitrogens is 1. The van der Waals surface area contributed by atoms with Crippen molar-refractivity contribution >= 4 is 32.4 Å². The number of hydrogen-bond donors (Lipinski definition) is 2. The second-order valence-corrected chi connectivity index (χ2v) is 5.86. The zero-order chi connectivity index (χ0) is 10.7. The molecule has 0 unspecified atom stereocenters. The molecule has 1 aromatic heterocycles. The van der Waals surface area contributed by atoms with Crippen molar-refractivity contribution < 1.29 is 5.11 Å². The first kappa shape index (κ1) is 11.4. The monoisotopic (exact) mass is 290 g/mol. The van der Waals surface area contributed by atoms with Gasteiger partial charge in [-0.3, -0.25) is 0 Å². The Morgan fingerprint density at radius 3 is 2.80 bits per heavy atom. The summed E-state index contributed by atoms with van der Waals surface area (Å²) in [7, 11) is 0. The van der Waals surface area contributed by atoms with E-state index in [4.69, 9.17) is 0 Å². The van der Waals surface area contributed by atoms with E-state index in [-0.39, 0.29) is 12.0 Å². The number of aliphatic hydroxyl groups excluding tert-OH is 1. The first-order valence-electron chi connectivity index (χ1n) is 5.20. The van der Waals surface area contributed by atoms with E-state index in [1.165, 1.54) is 12.8 Å². The van der Waals surface area contributed by atoms with Gasteiger partial charge in [0, 0.05) is 17.3 Å². The average molecular weight is 291 g/mol. The van der Waals surface area contributed by atoms with E-state index in [0.717, 1.165) is 29.1 Å². The Morgan fingerprint density at radius 2 is 2.27 bits per heavy atom. The van der Waals surface area contributed by atoms with Gasteiger partial charge < -0.3 is 10.4 Å². The summed E-state index contributed by atoms with van der Waals surface area (Å²) in [5.74, 6) is 0. The number of thiazole rings is 1. The van der Waals surface area contributed by atoms with Crippen molar-refractivity contribution in [2.75, 3.05) is 18.5 Å². The first-order valence-corrected chi connectivity index (χ1v) is 6.87. The summed E-state index contributed by atoms with van der Waals surface area (Å²) in [5, 5.41) is 15.6. The van der Waals surface area contributed by atoms with E-state index in [9.17, 15) is 5.11 Å². The fourth-order valence-electron chi connectivity index (χ4n) is 2.11. The molecular weight excluding hydrogens is 276 g/mol. The molecule has 0 bridgehead atoms. The van der Waals surface area contributed by atoms with Crippen molar-refractivity contribution in [3.63, 3.8) is 0 Å². The lowest BCUT2D eigenvalue weighted by molar-refractivity contribution is 0.142. The Labute approximate surface area is 102 Å². The second-order valence-electron chi connectivity index (χ2n) is 4.19. The topological polar surface area (TPSA) is 45.1 Å². The molecule has 0 radical (unpaired) electrons. The van der Waals surface area contributed by atoms with Crippen LogP contribution in [0.15, 0.2) is 9.98 Å². The molecule has 2 rings (SSSR count). The van der Waals surface area contributed by atoms with Crippen LogP contribution in [0, 0.1) is 5.41 Å². The minimum absolute atomic E-state index is 0.0954. The molecule has 0 amide bonds. The lowest BCUT2D eigenvalue weighted by Gasteiger charge is -2.26. The predicted molar refractivity (Wildman–Crippen MR) is 66.3 cm³/mol. The Hall–Kier alpha value is -0.130. The van der Waals surface area contributed by atoms with E-state index >= 15 is 0 Å². The van der Waals surface area contributed by atoms with Crippen LogP contribution in [-0.4, -0.2) is 23.2 Å². The minimum Gasteiger partial charge on any atom is -0.396 e. The predicted octanol–water partition coefficient (Wildman–Crippen LogP) is 2.87. The highest BCUT2D eigenvalue weighted by Crippen LogP contribution is 2.37. The van der Waals surface area contributed by atoms with Gasteiger partial charge in [-0.2, -0.15) is 0 Å². The number of hydrogen-bond acceptors (Lipinski definition) is 4. The van der Waals surface area contributed by atoms with E-state index in [2.05, 4.69) is 26.2 Å². The molecule has 2 N–H and O–H groups in total. The van der Waals surface area contributed by atoms with Crippen LogP contribution in [0.3, 0.4) is 0 Å². The molecule has 1 fully saturated rings. The van der Waals surface area contributed by atoms with Gasteiger partial charge in [-0.15, -0.1) is 11.3 Å². The van der Waals surface area contributed by atoms with Gasteiger partial charge in [-0.05, 0) is 28.8 Å². The van der Waals surface area contributed by atoms with Gasteiger partial charge in [-0.1, -0.05) is 12.8 Å². The first-order chi connectivity index (χ1) is 7.24. The van der Waals surface area contributed by atoms with Gasteiger partial charge in [0.05, 0.1) is 6.61 Å². The Kier molecular flexibility index (Phi) is 3.64. The summed E-state index contributed by atoms with van der Waals surface area (Å²) in [6.07, 6.45) is 4.74. The lowest BCUT2D eigenvalue weighted by atomic mass is 9.87. The van der Waals surface area contributed by atoms with Gasteiger partial charge >= 0.3 is 0 Å². The van der Waals surface area contributed by atoms with Crippen molar-refractivity contribution in [1.29, 1.82) is 0 Å². The summed E-state index contributed by atoms with van der Waals surface area (Å²) in [5.41, 5.74) is 0.0954. The molecule has 1 heterocycles. The van der Waals surface area contributed by atoms with E-state index < -0.39 is 0 Å². The van der Waals surface area contributed by atoms with Crippen molar-refractivity contribution in [3.05, 3.63) is 9.98 Å². The third kappa shape index (κ3) is 2.71. The fourth-order valence-corrected chi connectivity index (χ4v) is 3.26. The summed E-state index contributed by atoms with van der Waals surface area (Å²) in [4.78, 5) is 4.28. The van der Waals surface area contributed by atoms with Crippen LogP contribution < -0.4 is 5.32 Å². The number of nitrogens with zero attached hydrogens (tertiary/aromatic N) is 1. The van der Waals surface area contributed by atoms with E-state index in [1.807, 2.05) is 5.38 Å². The molecule has 0 spiro atoms. The Balaban J connectivity index is 1.91. The molecule has 1 aliphatic carbocycles. The minimum atomic E-state index is 0.0954. The summed E-state index contributed by atoms with van der Waals surface area (Å²) < 4.78 is 0.875. The largest absolute Gasteiger partial charge is 0.396 e. The number of nitrogens with one attached hydrogen (secondary N) is 1. The second kappa shape index (κ2) is 4.80. The summed E-state index contributed by atoms with van der Waals surface area (Å²) in [6.45, 7) is 1.12. The number of halogens is 1. The Bertz CT molecular complexity index is 323. The van der Waals surface area contributed by atoms with Crippen LogP contribution in [0.1, 0.15) is 25.7 Å². The van der Waals surface area contributed by atoms with Gasteiger partial charge in [0.25, 0.3) is 0 Å². The highest BCUT2D eigenvalue weighted by Gasteiger charge is 2.33. The van der Waals surface area contributed by atoms with E-state index in [0.29, 0.717) is 0 Å². The maximum absolute atomic E-state index is 9.43. The van der Waals surface area contributed by atoms with Gasteiger partial charge in [0.2, 0.25) is 0 Å². The number of aliphatic hydroxyl groups is 1. The van der Waals surface area contributed by atoms with Crippen LogP contribution in [-0.2, 0) is 0 Å². The van der Waals surface area contributed by atoms with Crippen LogP contribution in [0.5, 0.6) is 0 Å². The van der Waals surface area contributed by atoms with Crippen LogP contribution >= 0.6 is 27.3 Å². The Morgan fingerprint density at radius 1 is 1.53 bits per heavy atom. The van der Waals surface area contributed by atoms with Crippen molar-refractivity contribution in [2.24, 2.45) is 5.41 Å². The quantitative estimate of drug-likeness (QED) is 0.896. The summed E-state index contributed by atoms with van der Waals surface area (Å²) in [6, 6.07) is 0. The molecule has 0 aromatic carbocycles. The third-order valence-electron chi connectivity index (χ3n) is 3.09. The zero-order valence-electron chi connectivity index (χ0n) is 8.50. The zero-order valence-corrected chi connectivity index (χ0v) is 10.9. The normalized spacial score (nSPS) is 19.3. The molecule has 3 nitrogen and oxygen atoms in total. The van der Waals surface area contributed by atoms with Crippen molar-refractivity contribution in [3.8, 4) is 0 Å². The molecule has 5 heteroatoms. The molecular formula is C10H15BrN2OS. The van der Waals surface area contributed by atoms with Crippen LogP contribution in [0.25, 0.3) is 0 Å². The molecule has 1 aliphatic rings. The van der Waals surface area contributed by atoms with Crippen LogP contribution in [0.4, 0.5) is 5.13 Å². The lowest BCUT2D eigenvalue weighted by Crippen LogP contribution is -2.30. The van der Waals surface area contributed by atoms with E-state index in [1.54, 1.807) is 11.3 Å². The number of rotatable bonds is 4. The molecule has 1 aromatic rings. The van der Waals surface area contributed by atoms with Gasteiger partial charge in [0.15, 0.2) is 5.13 Å². The third-order valence-corrected chi connectivity index (χ3v) is 4.60. The smallest absolute Gasteiger partial charge is 0.183 e. The molecule has 15 heavy (non-hydrogen) atoms. The molecule has 0 atom stereocenters. The maximum atomic E-state index is 9.43. The highest BCUT2D eigenvalue weighted by atomic mass is 79.9. The summed E-state index contributed by atoms with van der Waals surface area (Å²) >= 11 is 4.92. The fraction of sp³-hybridized carbons (Fsp3) is 0.700. The number of anilines is 1. The van der Waals surface area contributed by atoms with Crippen molar-refractivity contribution in [2.45, 2.75) is 25.7 Å². The standard InChI is InChI=1S/C10H15BrN2OS/c11-8-5-15-9(13-8)12-6-10(7-14)3-1-2-4-10/h5,14H,1-4,6-7H2,(H,12,13). The molecule has 84 valence electrons. The molecule has 0 aliphatic heterocycles. The average Bonchev–Trinajstić information content (AvgIpc) is 2.85.